The van der Waals surface area contributed by atoms with Gasteiger partial charge in [-0.05, 0) is 6.07 Å². The summed E-state index contributed by atoms with van der Waals surface area (Å²) in [5.41, 5.74) is 1.21. The lowest BCUT2D eigenvalue weighted by Gasteiger charge is -2.34. The molecule has 0 radical (unpaired) electrons. The smallest absolute Gasteiger partial charge is 0.269 e. The summed E-state index contributed by atoms with van der Waals surface area (Å²) in [5, 5.41) is 29.2. The van der Waals surface area contributed by atoms with Crippen LogP contribution in [-0.4, -0.2) is 47.5 Å². The van der Waals surface area contributed by atoms with Gasteiger partial charge >= 0.3 is 0 Å². The summed E-state index contributed by atoms with van der Waals surface area (Å²) in [5.74, 6) is 0. The summed E-state index contributed by atoms with van der Waals surface area (Å²) in [6.45, 7) is 1.27. The molecule has 0 spiro atoms. The van der Waals surface area contributed by atoms with Gasteiger partial charge in [0.25, 0.3) is 5.69 Å². The normalized spacial score (nSPS) is 19.5. The predicted octanol–water partition coefficient (Wildman–Crippen LogP) is 0.285. The van der Waals surface area contributed by atoms with Crippen LogP contribution >= 0.6 is 0 Å². The first-order chi connectivity index (χ1) is 9.15. The molecule has 0 bridgehead atoms. The number of rotatable bonds is 4. The standard InChI is InChI=1S/C12H16N2O5/c15-7-9-5-10(14(17)18)1-2-12(9)13-3-4-19-11(6-13)8-16/h1-2,5,11,15-16H,3-4,6-8H2. The maximum atomic E-state index is 10.7. The van der Waals surface area contributed by atoms with Crippen LogP contribution < -0.4 is 4.90 Å². The maximum absolute atomic E-state index is 10.7. The van der Waals surface area contributed by atoms with Crippen molar-refractivity contribution in [3.63, 3.8) is 0 Å². The van der Waals surface area contributed by atoms with Crippen molar-refractivity contribution in [1.29, 1.82) is 0 Å². The number of aliphatic hydroxyl groups is 2. The van der Waals surface area contributed by atoms with Crippen molar-refractivity contribution in [2.24, 2.45) is 0 Å². The summed E-state index contributed by atoms with van der Waals surface area (Å²) in [7, 11) is 0. The molecule has 1 aromatic carbocycles. The van der Waals surface area contributed by atoms with Gasteiger partial charge in [0.05, 0.1) is 30.8 Å². The molecule has 0 saturated carbocycles. The molecule has 1 heterocycles. The van der Waals surface area contributed by atoms with E-state index in [4.69, 9.17) is 9.84 Å². The van der Waals surface area contributed by atoms with E-state index in [1.807, 2.05) is 4.90 Å². The molecule has 1 unspecified atom stereocenters. The van der Waals surface area contributed by atoms with Crippen molar-refractivity contribution in [3.05, 3.63) is 33.9 Å². The molecule has 0 amide bonds. The van der Waals surface area contributed by atoms with Crippen LogP contribution in [0.5, 0.6) is 0 Å². The number of aliphatic hydroxyl groups excluding tert-OH is 2. The molecule has 0 aliphatic carbocycles. The molecular formula is C12H16N2O5. The van der Waals surface area contributed by atoms with E-state index in [0.29, 0.717) is 25.3 Å². The van der Waals surface area contributed by atoms with E-state index < -0.39 is 4.92 Å². The molecule has 1 fully saturated rings. The van der Waals surface area contributed by atoms with Crippen LogP contribution in [0.25, 0.3) is 0 Å². The second-order valence-corrected chi connectivity index (χ2v) is 4.35. The van der Waals surface area contributed by atoms with Crippen LogP contribution in [-0.2, 0) is 11.3 Å². The number of morpholine rings is 1. The Labute approximate surface area is 110 Å². The lowest BCUT2D eigenvalue weighted by Crippen LogP contribution is -2.44. The Morgan fingerprint density at radius 3 is 2.89 bits per heavy atom. The summed E-state index contributed by atoms with van der Waals surface area (Å²) in [6.07, 6.45) is -0.268. The zero-order chi connectivity index (χ0) is 13.8. The molecule has 7 heteroatoms. The highest BCUT2D eigenvalue weighted by molar-refractivity contribution is 5.58. The third-order valence-corrected chi connectivity index (χ3v) is 3.13. The first kappa shape index (κ1) is 13.7. The van der Waals surface area contributed by atoms with E-state index in [0.717, 1.165) is 5.69 Å². The Morgan fingerprint density at radius 2 is 2.26 bits per heavy atom. The number of non-ortho nitro benzene ring substituents is 1. The molecular weight excluding hydrogens is 252 g/mol. The van der Waals surface area contributed by atoms with Crippen LogP contribution in [0, 0.1) is 10.1 Å². The number of nitrogens with zero attached hydrogens (tertiary/aromatic N) is 2. The van der Waals surface area contributed by atoms with Crippen molar-refractivity contribution in [3.8, 4) is 0 Å². The summed E-state index contributed by atoms with van der Waals surface area (Å²) in [6, 6.07) is 4.42. The lowest BCUT2D eigenvalue weighted by atomic mass is 10.1. The summed E-state index contributed by atoms with van der Waals surface area (Å²) < 4.78 is 5.35. The number of anilines is 1. The highest BCUT2D eigenvalue weighted by Gasteiger charge is 2.22. The van der Waals surface area contributed by atoms with Crippen molar-refractivity contribution >= 4 is 11.4 Å². The van der Waals surface area contributed by atoms with Crippen molar-refractivity contribution in [2.45, 2.75) is 12.7 Å². The van der Waals surface area contributed by atoms with Gasteiger partial charge in [0.1, 0.15) is 0 Å². The predicted molar refractivity (Wildman–Crippen MR) is 68.1 cm³/mol. The first-order valence-electron chi connectivity index (χ1n) is 6.01. The minimum absolute atomic E-state index is 0.0419. The largest absolute Gasteiger partial charge is 0.394 e. The second-order valence-electron chi connectivity index (χ2n) is 4.35. The number of hydrogen-bond acceptors (Lipinski definition) is 6. The number of nitro benzene ring substituents is 1. The van der Waals surface area contributed by atoms with Gasteiger partial charge in [0, 0.05) is 36.5 Å². The molecule has 1 atom stereocenters. The fraction of sp³-hybridized carbons (Fsp3) is 0.500. The molecule has 2 N–H and O–H groups in total. The number of benzene rings is 1. The van der Waals surface area contributed by atoms with Crippen molar-refractivity contribution in [1.82, 2.24) is 0 Å². The highest BCUT2D eigenvalue weighted by Crippen LogP contribution is 2.27. The van der Waals surface area contributed by atoms with Gasteiger partial charge in [0.2, 0.25) is 0 Å². The maximum Gasteiger partial charge on any atom is 0.269 e. The second kappa shape index (κ2) is 5.96. The SMILES string of the molecule is O=[N+]([O-])c1ccc(N2CCOC(CO)C2)c(CO)c1. The van der Waals surface area contributed by atoms with Crippen LogP contribution in [0.4, 0.5) is 11.4 Å². The fourth-order valence-electron chi connectivity index (χ4n) is 2.17. The van der Waals surface area contributed by atoms with Gasteiger partial charge in [-0.1, -0.05) is 0 Å². The quantitative estimate of drug-likeness (QED) is 0.601. The van der Waals surface area contributed by atoms with Gasteiger partial charge in [-0.3, -0.25) is 10.1 Å². The zero-order valence-electron chi connectivity index (χ0n) is 10.4. The van der Waals surface area contributed by atoms with Crippen molar-refractivity contribution < 1.29 is 19.9 Å². The van der Waals surface area contributed by atoms with Crippen molar-refractivity contribution in [2.75, 3.05) is 31.2 Å². The molecule has 104 valence electrons. The Balaban J connectivity index is 2.26. The molecule has 1 aliphatic rings. The molecule has 2 rings (SSSR count). The van der Waals surface area contributed by atoms with E-state index in [-0.39, 0.29) is 25.0 Å². The molecule has 0 aromatic heterocycles. The van der Waals surface area contributed by atoms with Gasteiger partial charge < -0.3 is 19.8 Å². The number of ether oxygens (including phenoxy) is 1. The Hall–Kier alpha value is -1.70. The molecule has 1 aromatic rings. The van der Waals surface area contributed by atoms with E-state index in [1.54, 1.807) is 6.07 Å². The topological polar surface area (TPSA) is 96.1 Å². The van der Waals surface area contributed by atoms with Gasteiger partial charge in [0.15, 0.2) is 0 Å². The first-order valence-corrected chi connectivity index (χ1v) is 6.01. The van der Waals surface area contributed by atoms with Gasteiger partial charge in [-0.15, -0.1) is 0 Å². The third kappa shape index (κ3) is 3.01. The van der Waals surface area contributed by atoms with E-state index in [9.17, 15) is 15.2 Å². The van der Waals surface area contributed by atoms with E-state index >= 15 is 0 Å². The Kier molecular flexibility index (Phi) is 4.31. The monoisotopic (exact) mass is 268 g/mol. The van der Waals surface area contributed by atoms with E-state index in [1.165, 1.54) is 12.1 Å². The number of nitro groups is 1. The molecule has 7 nitrogen and oxygen atoms in total. The Bertz CT molecular complexity index is 465. The molecule has 1 saturated heterocycles. The summed E-state index contributed by atoms with van der Waals surface area (Å²) in [4.78, 5) is 12.2. The fourth-order valence-corrected chi connectivity index (χ4v) is 2.17. The van der Waals surface area contributed by atoms with Gasteiger partial charge in [-0.25, -0.2) is 0 Å². The average molecular weight is 268 g/mol. The minimum Gasteiger partial charge on any atom is -0.394 e. The Morgan fingerprint density at radius 1 is 1.47 bits per heavy atom. The van der Waals surface area contributed by atoms with Crippen LogP contribution in [0.3, 0.4) is 0 Å². The average Bonchev–Trinajstić information content (AvgIpc) is 2.46. The summed E-state index contributed by atoms with van der Waals surface area (Å²) >= 11 is 0. The minimum atomic E-state index is -0.487. The van der Waals surface area contributed by atoms with E-state index in [2.05, 4.69) is 0 Å². The van der Waals surface area contributed by atoms with Crippen LogP contribution in [0.1, 0.15) is 5.56 Å². The zero-order valence-corrected chi connectivity index (χ0v) is 10.4. The lowest BCUT2D eigenvalue weighted by molar-refractivity contribution is -0.384. The highest BCUT2D eigenvalue weighted by atomic mass is 16.6. The van der Waals surface area contributed by atoms with Crippen LogP contribution in [0.2, 0.25) is 0 Å². The molecule has 19 heavy (non-hydrogen) atoms. The molecule has 1 aliphatic heterocycles. The number of hydrogen-bond donors (Lipinski definition) is 2. The third-order valence-electron chi connectivity index (χ3n) is 3.13. The van der Waals surface area contributed by atoms with Gasteiger partial charge in [-0.2, -0.15) is 0 Å². The van der Waals surface area contributed by atoms with Crippen LogP contribution in [0.15, 0.2) is 18.2 Å².